The first-order valence-electron chi connectivity index (χ1n) is 10.7. The van der Waals surface area contributed by atoms with E-state index >= 15 is 0 Å². The minimum absolute atomic E-state index is 0.0346. The number of nitrogens with zero attached hydrogens (tertiary/aromatic N) is 1. The molecule has 2 atom stereocenters. The molecule has 158 valence electrons. The highest BCUT2D eigenvalue weighted by atomic mass is 16.2. The van der Waals surface area contributed by atoms with Gasteiger partial charge < -0.3 is 10.2 Å². The van der Waals surface area contributed by atoms with Gasteiger partial charge in [0.15, 0.2) is 0 Å². The Bertz CT molecular complexity index is 1040. The largest absolute Gasteiger partial charge is 0.345 e. The molecule has 1 heterocycles. The van der Waals surface area contributed by atoms with Crippen LogP contribution in [0.5, 0.6) is 0 Å². The van der Waals surface area contributed by atoms with Crippen LogP contribution in [0.1, 0.15) is 40.3 Å². The fourth-order valence-electron chi connectivity index (χ4n) is 4.04. The Labute approximate surface area is 183 Å². The lowest BCUT2D eigenvalue weighted by molar-refractivity contribution is -0.129. The smallest absolute Gasteiger partial charge is 0.226 e. The van der Waals surface area contributed by atoms with Crippen LogP contribution in [-0.2, 0) is 16.1 Å². The van der Waals surface area contributed by atoms with E-state index < -0.39 is 0 Å². The molecule has 1 fully saturated rings. The summed E-state index contributed by atoms with van der Waals surface area (Å²) in [5.74, 6) is -0.379. The van der Waals surface area contributed by atoms with E-state index in [9.17, 15) is 9.59 Å². The number of aryl methyl sites for hydroxylation is 2. The zero-order chi connectivity index (χ0) is 21.8. The van der Waals surface area contributed by atoms with Gasteiger partial charge in [0.05, 0.1) is 12.0 Å². The molecule has 4 rings (SSSR count). The number of carbonyl (C=O) groups is 2. The van der Waals surface area contributed by atoms with Crippen LogP contribution in [0.2, 0.25) is 0 Å². The third-order valence-corrected chi connectivity index (χ3v) is 5.91. The van der Waals surface area contributed by atoms with Crippen molar-refractivity contribution < 1.29 is 9.59 Å². The molecule has 1 saturated heterocycles. The van der Waals surface area contributed by atoms with Gasteiger partial charge in [-0.3, -0.25) is 9.59 Å². The van der Waals surface area contributed by atoms with Crippen LogP contribution in [0, 0.1) is 19.8 Å². The Kier molecular flexibility index (Phi) is 6.17. The van der Waals surface area contributed by atoms with Gasteiger partial charge in [0.2, 0.25) is 11.8 Å². The predicted molar refractivity (Wildman–Crippen MR) is 122 cm³/mol. The van der Waals surface area contributed by atoms with Crippen LogP contribution < -0.4 is 5.32 Å². The quantitative estimate of drug-likeness (QED) is 0.645. The summed E-state index contributed by atoms with van der Waals surface area (Å²) in [7, 11) is 0. The number of benzene rings is 3. The number of carbonyl (C=O) groups excluding carboxylic acids is 2. The van der Waals surface area contributed by atoms with E-state index in [0.717, 1.165) is 16.7 Å². The summed E-state index contributed by atoms with van der Waals surface area (Å²) >= 11 is 0. The predicted octanol–water partition coefficient (Wildman–Crippen LogP) is 4.56. The second-order valence-corrected chi connectivity index (χ2v) is 8.42. The van der Waals surface area contributed by atoms with Gasteiger partial charge in [0.25, 0.3) is 0 Å². The van der Waals surface area contributed by atoms with Crippen molar-refractivity contribution in [2.24, 2.45) is 5.92 Å². The van der Waals surface area contributed by atoms with E-state index in [1.807, 2.05) is 68.4 Å². The monoisotopic (exact) mass is 412 g/mol. The lowest BCUT2D eigenvalue weighted by atomic mass is 9.96. The van der Waals surface area contributed by atoms with E-state index in [-0.39, 0.29) is 30.2 Å². The highest BCUT2D eigenvalue weighted by Crippen LogP contribution is 2.26. The number of rotatable bonds is 6. The normalized spacial score (nSPS) is 16.9. The molecule has 0 aromatic heterocycles. The summed E-state index contributed by atoms with van der Waals surface area (Å²) in [4.78, 5) is 27.5. The van der Waals surface area contributed by atoms with Gasteiger partial charge in [0.1, 0.15) is 0 Å². The van der Waals surface area contributed by atoms with Gasteiger partial charge in [-0.1, -0.05) is 90.0 Å². The van der Waals surface area contributed by atoms with Crippen LogP contribution in [0.4, 0.5) is 0 Å². The van der Waals surface area contributed by atoms with Gasteiger partial charge in [-0.05, 0) is 30.5 Å². The zero-order valence-corrected chi connectivity index (χ0v) is 18.0. The minimum atomic E-state index is -0.338. The third-order valence-electron chi connectivity index (χ3n) is 5.91. The summed E-state index contributed by atoms with van der Waals surface area (Å²) in [6.07, 6.45) is 0.257. The van der Waals surface area contributed by atoms with Crippen LogP contribution in [0.25, 0.3) is 0 Å². The fraction of sp³-hybridized carbons (Fsp3) is 0.259. The second-order valence-electron chi connectivity index (χ2n) is 8.42. The maximum Gasteiger partial charge on any atom is 0.226 e. The lowest BCUT2D eigenvalue weighted by Gasteiger charge is -2.22. The molecule has 0 aliphatic carbocycles. The molecule has 3 aromatic carbocycles. The number of hydrogen-bond donors (Lipinski definition) is 1. The van der Waals surface area contributed by atoms with Crippen molar-refractivity contribution in [1.29, 1.82) is 0 Å². The van der Waals surface area contributed by atoms with Crippen LogP contribution in [0.3, 0.4) is 0 Å². The molecule has 1 aliphatic heterocycles. The van der Waals surface area contributed by atoms with Crippen molar-refractivity contribution in [2.75, 3.05) is 6.54 Å². The Hall–Kier alpha value is -3.40. The summed E-state index contributed by atoms with van der Waals surface area (Å²) in [6, 6.07) is 26.1. The van der Waals surface area contributed by atoms with Crippen molar-refractivity contribution in [2.45, 2.75) is 32.9 Å². The third kappa shape index (κ3) is 5.02. The minimum Gasteiger partial charge on any atom is -0.345 e. The maximum atomic E-state index is 13.2. The molecule has 31 heavy (non-hydrogen) atoms. The molecular formula is C27H28N2O2. The van der Waals surface area contributed by atoms with Crippen molar-refractivity contribution in [1.82, 2.24) is 10.2 Å². The highest BCUT2D eigenvalue weighted by molar-refractivity contribution is 5.89. The van der Waals surface area contributed by atoms with Crippen molar-refractivity contribution in [3.8, 4) is 0 Å². The first-order chi connectivity index (χ1) is 15.0. The lowest BCUT2D eigenvalue weighted by Crippen LogP contribution is -2.36. The Balaban J connectivity index is 1.47. The van der Waals surface area contributed by atoms with Gasteiger partial charge in [-0.25, -0.2) is 0 Å². The van der Waals surface area contributed by atoms with Crippen molar-refractivity contribution in [3.05, 3.63) is 107 Å². The molecule has 0 saturated carbocycles. The standard InChI is InChI=1S/C27H28N2O2/c1-19-8-12-21(13-9-19)17-29-18-24(16-25(29)30)27(31)28-26(22-6-4-3-5-7-22)23-14-10-20(2)11-15-23/h3-15,24,26H,16-18H2,1-2H3,(H,28,31). The van der Waals surface area contributed by atoms with Crippen LogP contribution in [0.15, 0.2) is 78.9 Å². The molecule has 4 heteroatoms. The molecule has 1 N–H and O–H groups in total. The second kappa shape index (κ2) is 9.17. The average molecular weight is 413 g/mol. The van der Waals surface area contributed by atoms with Gasteiger partial charge in [-0.2, -0.15) is 0 Å². The zero-order valence-electron chi connectivity index (χ0n) is 18.0. The Morgan fingerprint density at radius 3 is 2.13 bits per heavy atom. The molecule has 2 unspecified atom stereocenters. The first-order valence-corrected chi connectivity index (χ1v) is 10.7. The maximum absolute atomic E-state index is 13.2. The molecule has 3 aromatic rings. The van der Waals surface area contributed by atoms with E-state index in [1.165, 1.54) is 11.1 Å². The molecule has 1 aliphatic rings. The number of amides is 2. The van der Waals surface area contributed by atoms with E-state index in [4.69, 9.17) is 0 Å². The first kappa shape index (κ1) is 20.9. The van der Waals surface area contributed by atoms with Crippen LogP contribution >= 0.6 is 0 Å². The Morgan fingerprint density at radius 1 is 0.903 bits per heavy atom. The molecular weight excluding hydrogens is 384 g/mol. The molecule has 0 radical (unpaired) electrons. The SMILES string of the molecule is Cc1ccc(CN2CC(C(=O)NC(c3ccccc3)c3ccc(C)cc3)CC2=O)cc1. The van der Waals surface area contributed by atoms with E-state index in [1.54, 1.807) is 4.90 Å². The summed E-state index contributed by atoms with van der Waals surface area (Å²) in [5, 5.41) is 3.21. The summed E-state index contributed by atoms with van der Waals surface area (Å²) < 4.78 is 0. The van der Waals surface area contributed by atoms with Crippen molar-refractivity contribution in [3.63, 3.8) is 0 Å². The molecule has 2 amide bonds. The summed E-state index contributed by atoms with van der Waals surface area (Å²) in [6.45, 7) is 5.09. The van der Waals surface area contributed by atoms with Gasteiger partial charge in [0, 0.05) is 19.5 Å². The van der Waals surface area contributed by atoms with Crippen LogP contribution in [-0.4, -0.2) is 23.3 Å². The molecule has 0 bridgehead atoms. The fourth-order valence-corrected chi connectivity index (χ4v) is 4.04. The van der Waals surface area contributed by atoms with Gasteiger partial charge >= 0.3 is 0 Å². The number of likely N-dealkylation sites (tertiary alicyclic amines) is 1. The molecule has 4 nitrogen and oxygen atoms in total. The van der Waals surface area contributed by atoms with Crippen molar-refractivity contribution >= 4 is 11.8 Å². The highest BCUT2D eigenvalue weighted by Gasteiger charge is 2.35. The molecule has 0 spiro atoms. The van der Waals surface area contributed by atoms with E-state index in [2.05, 4.69) is 29.6 Å². The summed E-state index contributed by atoms with van der Waals surface area (Å²) in [5.41, 5.74) is 5.51. The average Bonchev–Trinajstić information content (AvgIpc) is 3.15. The topological polar surface area (TPSA) is 49.4 Å². The van der Waals surface area contributed by atoms with E-state index in [0.29, 0.717) is 13.1 Å². The number of hydrogen-bond acceptors (Lipinski definition) is 2. The van der Waals surface area contributed by atoms with Gasteiger partial charge in [-0.15, -0.1) is 0 Å². The Morgan fingerprint density at radius 2 is 1.48 bits per heavy atom. The number of nitrogens with one attached hydrogen (secondary N) is 1.